The number of nitrogens with one attached hydrogen (secondary N) is 1. The second-order valence-corrected chi connectivity index (χ2v) is 4.60. The lowest BCUT2D eigenvalue weighted by Crippen LogP contribution is -2.42. The molecular formula is C13H11N3O4. The van der Waals surface area contributed by atoms with Gasteiger partial charge in [-0.2, -0.15) is 5.10 Å². The maximum absolute atomic E-state index is 11.9. The van der Waals surface area contributed by atoms with E-state index in [2.05, 4.69) is 10.4 Å². The normalized spacial score (nSPS) is 19.1. The first-order chi connectivity index (χ1) is 9.58. The summed E-state index contributed by atoms with van der Waals surface area (Å²) >= 11 is 0. The highest BCUT2D eigenvalue weighted by atomic mass is 16.4. The van der Waals surface area contributed by atoms with E-state index in [1.807, 2.05) is 0 Å². The third-order valence-corrected chi connectivity index (χ3v) is 3.38. The standard InChI is InChI=1S/C13H11N3O4/c17-11-5-4-10(12(18)15-11)16-9-3-1-2-7(13(19)20)8(9)6-14-16/h1-3,6,10H,4-5H2,(H,19,20)(H,15,17,18). The summed E-state index contributed by atoms with van der Waals surface area (Å²) in [7, 11) is 0. The predicted octanol–water partition coefficient (Wildman–Crippen LogP) is 0.712. The number of benzene rings is 1. The van der Waals surface area contributed by atoms with Crippen molar-refractivity contribution in [1.82, 2.24) is 15.1 Å². The van der Waals surface area contributed by atoms with Crippen LogP contribution in [0.4, 0.5) is 0 Å². The van der Waals surface area contributed by atoms with Crippen LogP contribution < -0.4 is 5.32 Å². The van der Waals surface area contributed by atoms with Crippen molar-refractivity contribution in [2.75, 3.05) is 0 Å². The lowest BCUT2D eigenvalue weighted by molar-refractivity contribution is -0.135. The van der Waals surface area contributed by atoms with E-state index >= 15 is 0 Å². The Hall–Kier alpha value is -2.70. The number of carboxylic acids is 1. The van der Waals surface area contributed by atoms with E-state index in [1.54, 1.807) is 12.1 Å². The van der Waals surface area contributed by atoms with Crippen LogP contribution in [-0.4, -0.2) is 32.7 Å². The molecule has 0 spiro atoms. The highest BCUT2D eigenvalue weighted by Gasteiger charge is 2.29. The number of rotatable bonds is 2. The molecule has 1 aliphatic heterocycles. The number of hydrogen-bond donors (Lipinski definition) is 2. The smallest absolute Gasteiger partial charge is 0.336 e. The van der Waals surface area contributed by atoms with Gasteiger partial charge in [-0.05, 0) is 18.6 Å². The molecule has 1 unspecified atom stereocenters. The number of carbonyl (C=O) groups is 3. The average Bonchev–Trinajstić information content (AvgIpc) is 2.82. The summed E-state index contributed by atoms with van der Waals surface area (Å²) in [5.41, 5.74) is 0.709. The van der Waals surface area contributed by atoms with Gasteiger partial charge in [-0.1, -0.05) is 6.07 Å². The van der Waals surface area contributed by atoms with Crippen LogP contribution in [0.3, 0.4) is 0 Å². The van der Waals surface area contributed by atoms with Gasteiger partial charge in [0, 0.05) is 11.8 Å². The van der Waals surface area contributed by atoms with Crippen molar-refractivity contribution in [3.63, 3.8) is 0 Å². The molecule has 2 amide bonds. The monoisotopic (exact) mass is 273 g/mol. The molecule has 7 nitrogen and oxygen atoms in total. The fourth-order valence-corrected chi connectivity index (χ4v) is 2.42. The molecule has 20 heavy (non-hydrogen) atoms. The molecule has 1 atom stereocenters. The summed E-state index contributed by atoms with van der Waals surface area (Å²) in [6.07, 6.45) is 2.04. The maximum atomic E-state index is 11.9. The fraction of sp³-hybridized carbons (Fsp3) is 0.231. The van der Waals surface area contributed by atoms with Gasteiger partial charge in [-0.3, -0.25) is 19.6 Å². The van der Waals surface area contributed by atoms with Gasteiger partial charge in [0.2, 0.25) is 5.91 Å². The van der Waals surface area contributed by atoms with E-state index in [9.17, 15) is 14.4 Å². The molecule has 102 valence electrons. The van der Waals surface area contributed by atoms with Gasteiger partial charge in [0.25, 0.3) is 5.91 Å². The molecule has 7 heteroatoms. The number of amides is 2. The zero-order chi connectivity index (χ0) is 14.3. The summed E-state index contributed by atoms with van der Waals surface area (Å²) in [6.45, 7) is 0. The molecule has 1 aromatic carbocycles. The van der Waals surface area contributed by atoms with Crippen molar-refractivity contribution < 1.29 is 19.5 Å². The Kier molecular flexibility index (Phi) is 2.74. The number of imide groups is 1. The summed E-state index contributed by atoms with van der Waals surface area (Å²) in [5.74, 6) is -1.75. The lowest BCUT2D eigenvalue weighted by atomic mass is 10.1. The zero-order valence-electron chi connectivity index (χ0n) is 10.4. The van der Waals surface area contributed by atoms with Crippen LogP contribution in [0.2, 0.25) is 0 Å². The zero-order valence-corrected chi connectivity index (χ0v) is 10.4. The molecule has 0 saturated carbocycles. The minimum Gasteiger partial charge on any atom is -0.478 e. The lowest BCUT2D eigenvalue weighted by Gasteiger charge is -2.21. The van der Waals surface area contributed by atoms with Crippen molar-refractivity contribution >= 4 is 28.7 Å². The Labute approximate surface area is 113 Å². The molecule has 3 rings (SSSR count). The Morgan fingerprint density at radius 3 is 2.90 bits per heavy atom. The maximum Gasteiger partial charge on any atom is 0.336 e. The van der Waals surface area contributed by atoms with E-state index in [0.29, 0.717) is 17.3 Å². The Morgan fingerprint density at radius 1 is 1.40 bits per heavy atom. The van der Waals surface area contributed by atoms with Crippen molar-refractivity contribution in [3.8, 4) is 0 Å². The Morgan fingerprint density at radius 2 is 2.20 bits per heavy atom. The van der Waals surface area contributed by atoms with Gasteiger partial charge in [0.05, 0.1) is 17.3 Å². The summed E-state index contributed by atoms with van der Waals surface area (Å²) in [4.78, 5) is 34.2. The first kappa shape index (κ1) is 12.3. The van der Waals surface area contributed by atoms with Gasteiger partial charge >= 0.3 is 5.97 Å². The van der Waals surface area contributed by atoms with Crippen LogP contribution in [0.1, 0.15) is 29.2 Å². The SMILES string of the molecule is O=C1CCC(n2ncc3c(C(=O)O)cccc32)C(=O)N1. The third-order valence-electron chi connectivity index (χ3n) is 3.38. The molecule has 2 aromatic rings. The molecule has 1 aliphatic rings. The highest BCUT2D eigenvalue weighted by Crippen LogP contribution is 2.25. The number of nitrogens with zero attached hydrogens (tertiary/aromatic N) is 2. The van der Waals surface area contributed by atoms with E-state index in [1.165, 1.54) is 16.9 Å². The van der Waals surface area contributed by atoms with Crippen molar-refractivity contribution in [3.05, 3.63) is 30.0 Å². The number of hydrogen-bond acceptors (Lipinski definition) is 4. The Bertz CT molecular complexity index is 734. The minimum atomic E-state index is -1.04. The summed E-state index contributed by atoms with van der Waals surface area (Å²) in [6, 6.07) is 4.21. The van der Waals surface area contributed by atoms with Crippen LogP contribution in [0, 0.1) is 0 Å². The van der Waals surface area contributed by atoms with Crippen LogP contribution in [-0.2, 0) is 9.59 Å². The van der Waals surface area contributed by atoms with E-state index < -0.39 is 17.9 Å². The summed E-state index contributed by atoms with van der Waals surface area (Å²) < 4.78 is 1.48. The number of aromatic carboxylic acids is 1. The second-order valence-electron chi connectivity index (χ2n) is 4.60. The van der Waals surface area contributed by atoms with Gasteiger partial charge in [-0.25, -0.2) is 4.79 Å². The van der Waals surface area contributed by atoms with Crippen LogP contribution >= 0.6 is 0 Å². The molecule has 0 aliphatic carbocycles. The highest BCUT2D eigenvalue weighted by molar-refractivity contribution is 6.04. The van der Waals surface area contributed by atoms with Crippen molar-refractivity contribution in [2.24, 2.45) is 0 Å². The first-order valence-electron chi connectivity index (χ1n) is 6.11. The molecular weight excluding hydrogens is 262 g/mol. The predicted molar refractivity (Wildman–Crippen MR) is 68.1 cm³/mol. The number of carbonyl (C=O) groups excluding carboxylic acids is 2. The van der Waals surface area contributed by atoms with Crippen LogP contribution in [0.15, 0.2) is 24.4 Å². The third kappa shape index (κ3) is 1.83. The molecule has 2 N–H and O–H groups in total. The quantitative estimate of drug-likeness (QED) is 0.785. The first-order valence-corrected chi connectivity index (χ1v) is 6.11. The average molecular weight is 273 g/mol. The fourth-order valence-electron chi connectivity index (χ4n) is 2.42. The molecule has 2 heterocycles. The topological polar surface area (TPSA) is 101 Å². The number of fused-ring (bicyclic) bond motifs is 1. The Balaban J connectivity index is 2.09. The molecule has 1 fully saturated rings. The molecule has 0 radical (unpaired) electrons. The second kappa shape index (κ2) is 4.44. The van der Waals surface area contributed by atoms with Crippen molar-refractivity contribution in [2.45, 2.75) is 18.9 Å². The number of carboxylic acid groups (broad SMARTS) is 1. The molecule has 0 bridgehead atoms. The van der Waals surface area contributed by atoms with Gasteiger partial charge in [0.15, 0.2) is 0 Å². The number of aromatic nitrogens is 2. The van der Waals surface area contributed by atoms with Crippen molar-refractivity contribution in [1.29, 1.82) is 0 Å². The van der Waals surface area contributed by atoms with E-state index in [4.69, 9.17) is 5.11 Å². The van der Waals surface area contributed by atoms with E-state index in [0.717, 1.165) is 0 Å². The van der Waals surface area contributed by atoms with Crippen LogP contribution in [0.25, 0.3) is 10.9 Å². The summed E-state index contributed by atoms with van der Waals surface area (Å²) in [5, 5.41) is 16.0. The molecule has 1 saturated heterocycles. The molecule has 1 aromatic heterocycles. The number of piperidine rings is 1. The van der Waals surface area contributed by atoms with E-state index in [-0.39, 0.29) is 17.9 Å². The van der Waals surface area contributed by atoms with Gasteiger partial charge < -0.3 is 5.11 Å². The van der Waals surface area contributed by atoms with Crippen LogP contribution in [0.5, 0.6) is 0 Å². The minimum absolute atomic E-state index is 0.140. The largest absolute Gasteiger partial charge is 0.478 e. The van der Waals surface area contributed by atoms with Gasteiger partial charge in [-0.15, -0.1) is 0 Å². The van der Waals surface area contributed by atoms with Gasteiger partial charge in [0.1, 0.15) is 6.04 Å².